The standard InChI is InChI=1S/C15H27BO4/c1-7-8-9-10-12(11-13(17)18-6)16-19-14(2,3)15(4,5)20-16/h11H,7-10H2,1-6H3/b12-11-. The molecule has 1 fully saturated rings. The van der Waals surface area contributed by atoms with Gasteiger partial charge in [-0.05, 0) is 39.6 Å². The Bertz CT molecular complexity index is 358. The fourth-order valence-electron chi connectivity index (χ4n) is 2.04. The Hall–Kier alpha value is -0.805. The highest BCUT2D eigenvalue weighted by molar-refractivity contribution is 6.55. The van der Waals surface area contributed by atoms with Crippen molar-refractivity contribution in [3.05, 3.63) is 11.5 Å². The van der Waals surface area contributed by atoms with Gasteiger partial charge in [0.25, 0.3) is 0 Å². The summed E-state index contributed by atoms with van der Waals surface area (Å²) in [5.41, 5.74) is 0.0823. The van der Waals surface area contributed by atoms with Crippen molar-refractivity contribution < 1.29 is 18.8 Å². The van der Waals surface area contributed by atoms with E-state index in [0.29, 0.717) is 0 Å². The maximum atomic E-state index is 11.5. The molecule has 1 aliphatic heterocycles. The van der Waals surface area contributed by atoms with Gasteiger partial charge in [-0.1, -0.05) is 26.2 Å². The Morgan fingerprint density at radius 3 is 2.15 bits per heavy atom. The van der Waals surface area contributed by atoms with Gasteiger partial charge in [-0.15, -0.1) is 0 Å². The van der Waals surface area contributed by atoms with Crippen molar-refractivity contribution in [2.24, 2.45) is 0 Å². The van der Waals surface area contributed by atoms with Crippen LogP contribution in [0.5, 0.6) is 0 Å². The zero-order valence-electron chi connectivity index (χ0n) is 13.6. The maximum absolute atomic E-state index is 11.5. The molecule has 0 radical (unpaired) electrons. The van der Waals surface area contributed by atoms with Gasteiger partial charge in [0, 0.05) is 6.08 Å². The summed E-state index contributed by atoms with van der Waals surface area (Å²) in [4.78, 5) is 11.5. The smallest absolute Gasteiger partial charge is 0.466 e. The first kappa shape index (κ1) is 17.2. The number of carbonyl (C=O) groups excluding carboxylic acids is 1. The minimum atomic E-state index is -0.462. The molecular weight excluding hydrogens is 255 g/mol. The van der Waals surface area contributed by atoms with Crippen LogP contribution in [0.3, 0.4) is 0 Å². The van der Waals surface area contributed by atoms with Gasteiger partial charge in [0.05, 0.1) is 18.3 Å². The van der Waals surface area contributed by atoms with Crippen molar-refractivity contribution in [1.82, 2.24) is 0 Å². The molecule has 1 heterocycles. The van der Waals surface area contributed by atoms with Crippen LogP contribution in [0.15, 0.2) is 11.5 Å². The summed E-state index contributed by atoms with van der Waals surface area (Å²) in [7, 11) is 0.920. The summed E-state index contributed by atoms with van der Waals surface area (Å²) in [6.45, 7) is 10.2. The van der Waals surface area contributed by atoms with Crippen LogP contribution < -0.4 is 0 Å². The van der Waals surface area contributed by atoms with Crippen molar-refractivity contribution in [2.45, 2.75) is 71.5 Å². The molecule has 0 amide bonds. The summed E-state index contributed by atoms with van der Waals surface area (Å²) >= 11 is 0. The topological polar surface area (TPSA) is 44.8 Å². The van der Waals surface area contributed by atoms with Crippen LogP contribution in [0.4, 0.5) is 0 Å². The molecule has 0 unspecified atom stereocenters. The number of allylic oxidation sites excluding steroid dienone is 1. The van der Waals surface area contributed by atoms with Crippen LogP contribution in [0, 0.1) is 0 Å². The second-order valence-electron chi connectivity index (χ2n) is 6.29. The Labute approximate surface area is 123 Å². The highest BCUT2D eigenvalue weighted by Crippen LogP contribution is 2.39. The van der Waals surface area contributed by atoms with Crippen LogP contribution in [-0.2, 0) is 18.8 Å². The molecule has 0 aliphatic carbocycles. The quantitative estimate of drug-likeness (QED) is 0.324. The van der Waals surface area contributed by atoms with Gasteiger partial charge in [0.15, 0.2) is 0 Å². The average Bonchev–Trinajstić information content (AvgIpc) is 2.57. The Morgan fingerprint density at radius 1 is 1.15 bits per heavy atom. The van der Waals surface area contributed by atoms with Crippen LogP contribution in [0.1, 0.15) is 60.3 Å². The monoisotopic (exact) mass is 282 g/mol. The number of ether oxygens (including phenoxy) is 1. The van der Waals surface area contributed by atoms with E-state index in [4.69, 9.17) is 14.0 Å². The van der Waals surface area contributed by atoms with E-state index in [9.17, 15) is 4.79 Å². The van der Waals surface area contributed by atoms with E-state index in [2.05, 4.69) is 6.92 Å². The summed E-state index contributed by atoms with van der Waals surface area (Å²) in [5, 5.41) is 0. The van der Waals surface area contributed by atoms with E-state index >= 15 is 0 Å². The summed E-state index contributed by atoms with van der Waals surface area (Å²) in [6.07, 6.45) is 5.58. The molecule has 0 aromatic carbocycles. The molecule has 0 saturated carbocycles. The van der Waals surface area contributed by atoms with Gasteiger partial charge in [-0.2, -0.15) is 0 Å². The second-order valence-corrected chi connectivity index (χ2v) is 6.29. The number of rotatable bonds is 6. The third-order valence-corrected chi connectivity index (χ3v) is 4.13. The molecule has 0 N–H and O–H groups in total. The van der Waals surface area contributed by atoms with E-state index in [0.717, 1.165) is 31.2 Å². The van der Waals surface area contributed by atoms with Gasteiger partial charge >= 0.3 is 13.1 Å². The summed E-state index contributed by atoms with van der Waals surface area (Å²) in [5.74, 6) is -0.355. The van der Waals surface area contributed by atoms with Crippen LogP contribution >= 0.6 is 0 Å². The largest absolute Gasteiger partial charge is 0.490 e. The van der Waals surface area contributed by atoms with Gasteiger partial charge in [0.2, 0.25) is 0 Å². The first-order valence-corrected chi connectivity index (χ1v) is 7.37. The Balaban J connectivity index is 2.84. The molecule has 0 spiro atoms. The predicted octanol–water partition coefficient (Wildman–Crippen LogP) is 3.30. The Morgan fingerprint density at radius 2 is 1.70 bits per heavy atom. The zero-order chi connectivity index (χ0) is 15.4. The molecule has 0 bridgehead atoms. The van der Waals surface area contributed by atoms with Gasteiger partial charge in [0.1, 0.15) is 0 Å². The first-order valence-electron chi connectivity index (χ1n) is 7.37. The first-order chi connectivity index (χ1) is 9.23. The van der Waals surface area contributed by atoms with Crippen LogP contribution in [0.25, 0.3) is 0 Å². The zero-order valence-corrected chi connectivity index (χ0v) is 13.6. The van der Waals surface area contributed by atoms with Crippen LogP contribution in [-0.4, -0.2) is 31.4 Å². The van der Waals surface area contributed by atoms with Gasteiger partial charge in [-0.25, -0.2) is 4.79 Å². The van der Waals surface area contributed by atoms with Crippen molar-refractivity contribution >= 4 is 13.1 Å². The molecule has 1 aliphatic rings. The molecule has 0 atom stereocenters. The van der Waals surface area contributed by atoms with Crippen molar-refractivity contribution in [3.8, 4) is 0 Å². The molecule has 114 valence electrons. The minimum absolute atomic E-state index is 0.355. The molecular formula is C15H27BO4. The van der Waals surface area contributed by atoms with Crippen LogP contribution in [0.2, 0.25) is 0 Å². The normalized spacial score (nSPS) is 21.1. The van der Waals surface area contributed by atoms with E-state index in [1.54, 1.807) is 0 Å². The highest BCUT2D eigenvalue weighted by Gasteiger charge is 2.52. The molecule has 1 saturated heterocycles. The number of esters is 1. The highest BCUT2D eigenvalue weighted by atomic mass is 16.7. The minimum Gasteiger partial charge on any atom is -0.466 e. The lowest BCUT2D eigenvalue weighted by Gasteiger charge is -2.32. The Kier molecular flexibility index (Phi) is 5.84. The van der Waals surface area contributed by atoms with E-state index in [1.165, 1.54) is 13.2 Å². The summed E-state index contributed by atoms with van der Waals surface area (Å²) in [6, 6.07) is 0. The average molecular weight is 282 g/mol. The predicted molar refractivity (Wildman–Crippen MR) is 80.3 cm³/mol. The molecule has 0 aromatic rings. The second kappa shape index (κ2) is 6.77. The van der Waals surface area contributed by atoms with Crippen molar-refractivity contribution in [3.63, 3.8) is 0 Å². The molecule has 0 aromatic heterocycles. The third kappa shape index (κ3) is 4.09. The lowest BCUT2D eigenvalue weighted by atomic mass is 9.75. The lowest BCUT2D eigenvalue weighted by molar-refractivity contribution is -0.134. The van der Waals surface area contributed by atoms with Gasteiger partial charge < -0.3 is 14.0 Å². The van der Waals surface area contributed by atoms with E-state index in [-0.39, 0.29) is 5.97 Å². The maximum Gasteiger partial charge on any atom is 0.490 e. The fraction of sp³-hybridized carbons (Fsp3) is 0.800. The number of carbonyl (C=O) groups is 1. The number of methoxy groups -OCH3 is 1. The molecule has 1 rings (SSSR count). The number of hydrogen-bond acceptors (Lipinski definition) is 4. The van der Waals surface area contributed by atoms with Crippen molar-refractivity contribution in [1.29, 1.82) is 0 Å². The molecule has 20 heavy (non-hydrogen) atoms. The SMILES string of the molecule is CCCCC/C(=C/C(=O)OC)B1OC(C)(C)C(C)(C)O1. The molecule has 4 nitrogen and oxygen atoms in total. The molecule has 5 heteroatoms. The van der Waals surface area contributed by atoms with E-state index < -0.39 is 18.3 Å². The number of hydrogen-bond donors (Lipinski definition) is 0. The van der Waals surface area contributed by atoms with Crippen molar-refractivity contribution in [2.75, 3.05) is 7.11 Å². The number of unbranched alkanes of at least 4 members (excludes halogenated alkanes) is 2. The summed E-state index contributed by atoms with van der Waals surface area (Å²) < 4.78 is 16.7. The fourth-order valence-corrected chi connectivity index (χ4v) is 2.04. The van der Waals surface area contributed by atoms with E-state index in [1.807, 2.05) is 27.7 Å². The lowest BCUT2D eigenvalue weighted by Crippen LogP contribution is -2.41. The van der Waals surface area contributed by atoms with Gasteiger partial charge in [-0.3, -0.25) is 0 Å². The third-order valence-electron chi connectivity index (χ3n) is 4.13.